The molecule has 2 aromatic heterocycles. The molecule has 2 aliphatic rings. The van der Waals surface area contributed by atoms with Gasteiger partial charge in [0.15, 0.2) is 5.82 Å². The third-order valence-corrected chi connectivity index (χ3v) is 6.31. The number of nitrogens with one attached hydrogen (secondary N) is 1. The number of rotatable bonds is 4. The summed E-state index contributed by atoms with van der Waals surface area (Å²) in [6.45, 7) is 2.56. The van der Waals surface area contributed by atoms with Gasteiger partial charge in [0.25, 0.3) is 0 Å². The summed E-state index contributed by atoms with van der Waals surface area (Å²) in [7, 11) is 4.04. The first-order valence-electron chi connectivity index (χ1n) is 8.70. The summed E-state index contributed by atoms with van der Waals surface area (Å²) < 4.78 is 1.69. The van der Waals surface area contributed by atoms with Crippen LogP contribution in [0, 0.1) is 5.41 Å². The SMILES string of the molecule is CN(Cc1nccs1)C1CC12CCN(C(=O)Nc1ccn(C)n1)CC2. The maximum absolute atomic E-state index is 12.4. The number of aromatic nitrogens is 3. The van der Waals surface area contributed by atoms with E-state index in [4.69, 9.17) is 0 Å². The number of hydrogen-bond acceptors (Lipinski definition) is 5. The molecule has 3 heterocycles. The van der Waals surface area contributed by atoms with Crippen LogP contribution in [-0.2, 0) is 13.6 Å². The monoisotopic (exact) mass is 360 g/mol. The maximum Gasteiger partial charge on any atom is 0.323 e. The molecule has 4 rings (SSSR count). The molecular weight excluding hydrogens is 336 g/mol. The van der Waals surface area contributed by atoms with Crippen LogP contribution >= 0.6 is 11.3 Å². The quantitative estimate of drug-likeness (QED) is 0.909. The van der Waals surface area contributed by atoms with Crippen LogP contribution in [0.15, 0.2) is 23.8 Å². The molecule has 1 aliphatic heterocycles. The average molecular weight is 360 g/mol. The zero-order valence-electron chi connectivity index (χ0n) is 14.7. The highest BCUT2D eigenvalue weighted by atomic mass is 32.1. The van der Waals surface area contributed by atoms with Gasteiger partial charge in [0.1, 0.15) is 5.01 Å². The molecule has 8 heteroatoms. The third-order valence-electron chi connectivity index (χ3n) is 5.54. The van der Waals surface area contributed by atoms with Crippen molar-refractivity contribution >= 4 is 23.2 Å². The lowest BCUT2D eigenvalue weighted by molar-refractivity contribution is 0.156. The summed E-state index contributed by atoms with van der Waals surface area (Å²) in [5.41, 5.74) is 0.397. The zero-order valence-corrected chi connectivity index (χ0v) is 15.5. The molecule has 1 saturated heterocycles. The van der Waals surface area contributed by atoms with Gasteiger partial charge in [-0.15, -0.1) is 11.3 Å². The standard InChI is InChI=1S/C17H24N6OS/c1-21(12-15-18-6-10-25-15)13-11-17(13)4-8-23(9-5-17)16(24)19-14-3-7-22(2)20-14/h3,6-7,10,13H,4-5,8-9,11-12H2,1-2H3,(H,19,20,24). The zero-order chi connectivity index (χ0) is 17.4. The molecule has 0 aromatic carbocycles. The van der Waals surface area contributed by atoms with Crippen LogP contribution in [-0.4, -0.2) is 56.8 Å². The summed E-state index contributed by atoms with van der Waals surface area (Å²) in [5, 5.41) is 10.3. The molecule has 25 heavy (non-hydrogen) atoms. The minimum absolute atomic E-state index is 0.0399. The van der Waals surface area contributed by atoms with Crippen LogP contribution < -0.4 is 5.32 Å². The van der Waals surface area contributed by atoms with Crippen LogP contribution in [0.5, 0.6) is 0 Å². The molecule has 1 N–H and O–H groups in total. The summed E-state index contributed by atoms with van der Waals surface area (Å²) >= 11 is 1.72. The summed E-state index contributed by atoms with van der Waals surface area (Å²) in [5.74, 6) is 0.611. The van der Waals surface area contributed by atoms with E-state index in [1.54, 1.807) is 16.0 Å². The molecule has 2 fully saturated rings. The van der Waals surface area contributed by atoms with Gasteiger partial charge in [-0.25, -0.2) is 9.78 Å². The molecule has 1 saturated carbocycles. The fourth-order valence-electron chi connectivity index (χ4n) is 3.97. The van der Waals surface area contributed by atoms with Crippen molar-refractivity contribution < 1.29 is 4.79 Å². The number of nitrogens with zero attached hydrogens (tertiary/aromatic N) is 5. The van der Waals surface area contributed by atoms with Gasteiger partial charge in [0.05, 0.1) is 6.54 Å². The Morgan fingerprint density at radius 1 is 1.48 bits per heavy atom. The number of carbonyl (C=O) groups excluding carboxylic acids is 1. The van der Waals surface area contributed by atoms with E-state index < -0.39 is 0 Å². The van der Waals surface area contributed by atoms with Crippen LogP contribution in [0.2, 0.25) is 0 Å². The minimum atomic E-state index is -0.0399. The van der Waals surface area contributed by atoms with Gasteiger partial charge in [-0.2, -0.15) is 5.10 Å². The lowest BCUT2D eigenvalue weighted by Gasteiger charge is -2.33. The van der Waals surface area contributed by atoms with Gasteiger partial charge in [0.2, 0.25) is 0 Å². The molecule has 1 atom stereocenters. The Hall–Kier alpha value is -1.93. The number of urea groups is 1. The van der Waals surface area contributed by atoms with Crippen molar-refractivity contribution in [2.24, 2.45) is 12.5 Å². The largest absolute Gasteiger partial charge is 0.324 e. The van der Waals surface area contributed by atoms with Crippen LogP contribution in [0.4, 0.5) is 10.6 Å². The van der Waals surface area contributed by atoms with E-state index >= 15 is 0 Å². The number of anilines is 1. The Labute approximate surface area is 151 Å². The van der Waals surface area contributed by atoms with Gasteiger partial charge in [-0.3, -0.25) is 14.9 Å². The normalized spacial score (nSPS) is 21.7. The fraction of sp³-hybridized carbons (Fsp3) is 0.588. The number of hydrogen-bond donors (Lipinski definition) is 1. The average Bonchev–Trinajstić information content (AvgIpc) is 2.92. The fourth-order valence-corrected chi connectivity index (χ4v) is 4.65. The Morgan fingerprint density at radius 3 is 2.92 bits per heavy atom. The minimum Gasteiger partial charge on any atom is -0.324 e. The van der Waals surface area contributed by atoms with E-state index in [0.717, 1.165) is 32.5 Å². The Kier molecular flexibility index (Phi) is 4.24. The molecule has 2 aromatic rings. The van der Waals surface area contributed by atoms with E-state index in [2.05, 4.69) is 27.3 Å². The van der Waals surface area contributed by atoms with Crippen LogP contribution in [0.3, 0.4) is 0 Å². The predicted octanol–water partition coefficient (Wildman–Crippen LogP) is 2.40. The smallest absolute Gasteiger partial charge is 0.323 e. The molecule has 7 nitrogen and oxygen atoms in total. The van der Waals surface area contributed by atoms with Gasteiger partial charge in [-0.05, 0) is 31.7 Å². The van der Waals surface area contributed by atoms with E-state index in [1.165, 1.54) is 11.4 Å². The first-order valence-corrected chi connectivity index (χ1v) is 9.58. The second kappa shape index (κ2) is 6.42. The van der Waals surface area contributed by atoms with Gasteiger partial charge >= 0.3 is 6.03 Å². The van der Waals surface area contributed by atoms with Crippen molar-refractivity contribution in [2.75, 3.05) is 25.5 Å². The van der Waals surface area contributed by atoms with Crippen molar-refractivity contribution in [3.05, 3.63) is 28.8 Å². The second-order valence-corrected chi connectivity index (χ2v) is 8.19. The highest BCUT2D eigenvalue weighted by Gasteiger charge is 2.56. The molecule has 0 bridgehead atoms. The molecule has 1 unspecified atom stereocenters. The third kappa shape index (κ3) is 3.41. The van der Waals surface area contributed by atoms with E-state index in [1.807, 2.05) is 35.8 Å². The van der Waals surface area contributed by atoms with Gasteiger partial charge in [-0.1, -0.05) is 0 Å². The Bertz CT molecular complexity index is 734. The summed E-state index contributed by atoms with van der Waals surface area (Å²) in [6.07, 6.45) is 7.10. The Balaban J connectivity index is 1.28. The number of aryl methyl sites for hydroxylation is 1. The molecule has 1 aliphatic carbocycles. The van der Waals surface area contributed by atoms with Crippen molar-refractivity contribution in [1.29, 1.82) is 0 Å². The topological polar surface area (TPSA) is 66.3 Å². The number of piperidine rings is 1. The first kappa shape index (κ1) is 16.5. The number of carbonyl (C=O) groups is 1. The van der Waals surface area contributed by atoms with Crippen molar-refractivity contribution in [3.63, 3.8) is 0 Å². The first-order chi connectivity index (χ1) is 12.1. The van der Waals surface area contributed by atoms with E-state index in [-0.39, 0.29) is 6.03 Å². The van der Waals surface area contributed by atoms with Gasteiger partial charge in [0, 0.05) is 50.0 Å². The number of amides is 2. The predicted molar refractivity (Wildman–Crippen MR) is 97.5 cm³/mol. The van der Waals surface area contributed by atoms with Crippen LogP contribution in [0.1, 0.15) is 24.3 Å². The van der Waals surface area contributed by atoms with Crippen LogP contribution in [0.25, 0.3) is 0 Å². The van der Waals surface area contributed by atoms with Gasteiger partial charge < -0.3 is 4.90 Å². The second-order valence-electron chi connectivity index (χ2n) is 7.22. The van der Waals surface area contributed by atoms with Crippen molar-refractivity contribution in [3.8, 4) is 0 Å². The lowest BCUT2D eigenvalue weighted by atomic mass is 9.92. The maximum atomic E-state index is 12.4. The summed E-state index contributed by atoms with van der Waals surface area (Å²) in [4.78, 5) is 21.1. The highest BCUT2D eigenvalue weighted by Crippen LogP contribution is 2.56. The molecule has 2 amide bonds. The number of likely N-dealkylation sites (tertiary alicyclic amines) is 1. The lowest BCUT2D eigenvalue weighted by Crippen LogP contribution is -2.43. The molecule has 1 spiro atoms. The molecule has 134 valence electrons. The highest BCUT2D eigenvalue weighted by molar-refractivity contribution is 7.09. The van der Waals surface area contributed by atoms with Crippen molar-refractivity contribution in [2.45, 2.75) is 31.8 Å². The summed E-state index contributed by atoms with van der Waals surface area (Å²) in [6, 6.07) is 2.40. The molecular formula is C17H24N6OS. The Morgan fingerprint density at radius 2 is 2.28 bits per heavy atom. The molecule has 0 radical (unpaired) electrons. The van der Waals surface area contributed by atoms with E-state index in [0.29, 0.717) is 17.3 Å². The van der Waals surface area contributed by atoms with Crippen molar-refractivity contribution in [1.82, 2.24) is 24.6 Å². The van der Waals surface area contributed by atoms with E-state index in [9.17, 15) is 4.79 Å². The number of thiazole rings is 1.